The van der Waals surface area contributed by atoms with Crippen LogP contribution in [0.25, 0.3) is 0 Å². The first-order chi connectivity index (χ1) is 12.4. The van der Waals surface area contributed by atoms with E-state index in [-0.39, 0.29) is 23.8 Å². The summed E-state index contributed by atoms with van der Waals surface area (Å²) in [5, 5.41) is 3.09. The Balaban J connectivity index is 1.87. The number of benzene rings is 1. The first kappa shape index (κ1) is 20.3. The molecular formula is C21H33N3O2. The van der Waals surface area contributed by atoms with E-state index < -0.39 is 0 Å². The van der Waals surface area contributed by atoms with Gasteiger partial charge in [-0.3, -0.25) is 9.59 Å². The molecule has 2 rings (SSSR count). The van der Waals surface area contributed by atoms with Crippen molar-refractivity contribution in [2.24, 2.45) is 11.8 Å². The van der Waals surface area contributed by atoms with Crippen LogP contribution >= 0.6 is 0 Å². The highest BCUT2D eigenvalue weighted by molar-refractivity contribution is 5.84. The van der Waals surface area contributed by atoms with Crippen molar-refractivity contribution in [3.8, 4) is 0 Å². The maximum Gasteiger partial charge on any atom is 0.225 e. The van der Waals surface area contributed by atoms with Gasteiger partial charge in [0.1, 0.15) is 0 Å². The van der Waals surface area contributed by atoms with Crippen molar-refractivity contribution in [2.45, 2.75) is 46.6 Å². The van der Waals surface area contributed by atoms with Gasteiger partial charge in [0.05, 0.1) is 5.92 Å². The summed E-state index contributed by atoms with van der Waals surface area (Å²) in [6.07, 6.45) is 1.12. The van der Waals surface area contributed by atoms with Gasteiger partial charge in [0.15, 0.2) is 0 Å². The number of para-hydroxylation sites is 1. The molecule has 1 aromatic rings. The molecule has 0 bridgehead atoms. The summed E-state index contributed by atoms with van der Waals surface area (Å²) in [5.74, 6) is 0.546. The maximum atomic E-state index is 12.7. The fourth-order valence-electron chi connectivity index (χ4n) is 3.67. The molecule has 0 saturated carbocycles. The zero-order valence-electron chi connectivity index (χ0n) is 16.6. The lowest BCUT2D eigenvalue weighted by atomic mass is 9.88. The van der Waals surface area contributed by atoms with Crippen LogP contribution in [-0.2, 0) is 9.59 Å². The minimum Gasteiger partial charge on any atom is -0.370 e. The van der Waals surface area contributed by atoms with E-state index in [0.717, 1.165) is 19.6 Å². The van der Waals surface area contributed by atoms with Crippen LogP contribution in [0.1, 0.15) is 40.5 Å². The number of likely N-dealkylation sites (N-methyl/N-ethyl adjacent to an activating group) is 1. The second kappa shape index (κ2) is 9.60. The zero-order chi connectivity index (χ0) is 19.1. The van der Waals surface area contributed by atoms with E-state index in [1.165, 1.54) is 5.69 Å². The largest absolute Gasteiger partial charge is 0.370 e. The van der Waals surface area contributed by atoms with Gasteiger partial charge in [-0.1, -0.05) is 32.0 Å². The van der Waals surface area contributed by atoms with Crippen LogP contribution < -0.4 is 10.2 Å². The highest BCUT2D eigenvalue weighted by Crippen LogP contribution is 2.25. The molecule has 0 unspecified atom stereocenters. The van der Waals surface area contributed by atoms with Crippen LogP contribution in [-0.4, -0.2) is 48.9 Å². The molecular weight excluding hydrogens is 326 g/mol. The predicted molar refractivity (Wildman–Crippen MR) is 106 cm³/mol. The van der Waals surface area contributed by atoms with Crippen molar-refractivity contribution in [3.63, 3.8) is 0 Å². The normalized spacial score (nSPS) is 20.3. The van der Waals surface area contributed by atoms with Gasteiger partial charge < -0.3 is 15.1 Å². The Labute approximate surface area is 157 Å². The third kappa shape index (κ3) is 5.23. The van der Waals surface area contributed by atoms with Crippen molar-refractivity contribution in [2.75, 3.05) is 31.1 Å². The second-order valence-corrected chi connectivity index (χ2v) is 7.53. The fourth-order valence-corrected chi connectivity index (χ4v) is 3.67. The van der Waals surface area contributed by atoms with Crippen LogP contribution in [0.3, 0.4) is 0 Å². The number of carbonyl (C=O) groups is 2. The predicted octanol–water partition coefficient (Wildman–Crippen LogP) is 2.91. The number of hydrogen-bond acceptors (Lipinski definition) is 3. The summed E-state index contributed by atoms with van der Waals surface area (Å²) in [7, 11) is 0. The van der Waals surface area contributed by atoms with Crippen molar-refractivity contribution in [1.29, 1.82) is 0 Å². The molecule has 1 fully saturated rings. The van der Waals surface area contributed by atoms with Gasteiger partial charge >= 0.3 is 0 Å². The quantitative estimate of drug-likeness (QED) is 0.776. The SMILES string of the molecule is CCN(CCNC(=O)[C@@H]1CCC(=O)N(CC(C)C)[C@@H]1C)c1ccccc1. The molecule has 5 nitrogen and oxygen atoms in total. The molecule has 1 N–H and O–H groups in total. The van der Waals surface area contributed by atoms with E-state index in [1.54, 1.807) is 0 Å². The average Bonchev–Trinajstić information content (AvgIpc) is 2.62. The van der Waals surface area contributed by atoms with E-state index in [9.17, 15) is 9.59 Å². The molecule has 1 aromatic carbocycles. The molecule has 1 heterocycles. The van der Waals surface area contributed by atoms with Crippen molar-refractivity contribution >= 4 is 17.5 Å². The third-order valence-electron chi connectivity index (χ3n) is 5.15. The van der Waals surface area contributed by atoms with E-state index in [2.05, 4.69) is 43.1 Å². The first-order valence-corrected chi connectivity index (χ1v) is 9.81. The molecule has 1 saturated heterocycles. The highest BCUT2D eigenvalue weighted by atomic mass is 16.2. The van der Waals surface area contributed by atoms with Gasteiger partial charge in [0.2, 0.25) is 11.8 Å². The molecule has 2 atom stereocenters. The molecule has 0 aliphatic carbocycles. The van der Waals surface area contributed by atoms with Crippen molar-refractivity contribution in [1.82, 2.24) is 10.2 Å². The molecule has 26 heavy (non-hydrogen) atoms. The standard InChI is InChI=1S/C21H33N3O2/c1-5-23(18-9-7-6-8-10-18)14-13-22-21(26)19-11-12-20(25)24(17(19)4)15-16(2)3/h6-10,16-17,19H,5,11-15H2,1-4H3,(H,22,26)/t17-,19-/m1/s1. The Morgan fingerprint density at radius 3 is 2.62 bits per heavy atom. The molecule has 2 amide bonds. The smallest absolute Gasteiger partial charge is 0.225 e. The lowest BCUT2D eigenvalue weighted by molar-refractivity contribution is -0.142. The number of likely N-dealkylation sites (tertiary alicyclic amines) is 1. The van der Waals surface area contributed by atoms with Crippen LogP contribution in [0.5, 0.6) is 0 Å². The summed E-state index contributed by atoms with van der Waals surface area (Å²) in [6.45, 7) is 11.3. The third-order valence-corrected chi connectivity index (χ3v) is 5.15. The highest BCUT2D eigenvalue weighted by Gasteiger charge is 2.36. The number of hydrogen-bond donors (Lipinski definition) is 1. The Kier molecular flexibility index (Phi) is 7.49. The van der Waals surface area contributed by atoms with Crippen LogP contribution in [0, 0.1) is 11.8 Å². The lowest BCUT2D eigenvalue weighted by Gasteiger charge is -2.39. The van der Waals surface area contributed by atoms with Gasteiger partial charge in [-0.25, -0.2) is 0 Å². The van der Waals surface area contributed by atoms with E-state index in [0.29, 0.717) is 25.3 Å². The molecule has 1 aliphatic rings. The number of piperidine rings is 1. The van der Waals surface area contributed by atoms with E-state index in [4.69, 9.17) is 0 Å². The van der Waals surface area contributed by atoms with E-state index >= 15 is 0 Å². The lowest BCUT2D eigenvalue weighted by Crippen LogP contribution is -2.53. The van der Waals surface area contributed by atoms with Gasteiger partial charge in [-0.2, -0.15) is 0 Å². The van der Waals surface area contributed by atoms with Crippen LogP contribution in [0.4, 0.5) is 5.69 Å². The van der Waals surface area contributed by atoms with Crippen molar-refractivity contribution < 1.29 is 9.59 Å². The Morgan fingerprint density at radius 2 is 2.00 bits per heavy atom. The van der Waals surface area contributed by atoms with Crippen molar-refractivity contribution in [3.05, 3.63) is 30.3 Å². The number of carbonyl (C=O) groups excluding carboxylic acids is 2. The summed E-state index contributed by atoms with van der Waals surface area (Å²) < 4.78 is 0. The number of anilines is 1. The number of rotatable bonds is 8. The number of nitrogens with one attached hydrogen (secondary N) is 1. The van der Waals surface area contributed by atoms with Crippen LogP contribution in [0.15, 0.2) is 30.3 Å². The molecule has 0 spiro atoms. The van der Waals surface area contributed by atoms with Gasteiger partial charge in [0.25, 0.3) is 0 Å². The molecule has 0 radical (unpaired) electrons. The second-order valence-electron chi connectivity index (χ2n) is 7.53. The summed E-state index contributed by atoms with van der Waals surface area (Å²) in [4.78, 5) is 29.0. The summed E-state index contributed by atoms with van der Waals surface area (Å²) >= 11 is 0. The number of amides is 2. The summed E-state index contributed by atoms with van der Waals surface area (Å²) in [6, 6.07) is 10.2. The van der Waals surface area contributed by atoms with Gasteiger partial charge in [-0.15, -0.1) is 0 Å². The molecule has 144 valence electrons. The summed E-state index contributed by atoms with van der Waals surface area (Å²) in [5.41, 5.74) is 1.17. The van der Waals surface area contributed by atoms with Gasteiger partial charge in [-0.05, 0) is 38.3 Å². The Bertz CT molecular complexity index is 588. The minimum absolute atomic E-state index is 0.0324. The fraction of sp³-hybridized carbons (Fsp3) is 0.619. The Morgan fingerprint density at radius 1 is 1.31 bits per heavy atom. The maximum absolute atomic E-state index is 12.7. The first-order valence-electron chi connectivity index (χ1n) is 9.81. The van der Waals surface area contributed by atoms with Crippen LogP contribution in [0.2, 0.25) is 0 Å². The topological polar surface area (TPSA) is 52.7 Å². The monoisotopic (exact) mass is 359 g/mol. The zero-order valence-corrected chi connectivity index (χ0v) is 16.6. The molecule has 1 aliphatic heterocycles. The van der Waals surface area contributed by atoms with E-state index in [1.807, 2.05) is 30.0 Å². The van der Waals surface area contributed by atoms with Gasteiger partial charge in [0, 0.05) is 44.3 Å². The average molecular weight is 360 g/mol. The minimum atomic E-state index is -0.113. The Hall–Kier alpha value is -2.04. The molecule has 0 aromatic heterocycles. The number of nitrogens with zero attached hydrogens (tertiary/aromatic N) is 2. The molecule has 5 heteroatoms.